The number of aliphatic hydroxyl groups excluding tert-OH is 2. The van der Waals surface area contributed by atoms with E-state index in [0.717, 1.165) is 33.8 Å². The Hall–Kier alpha value is 1.75. The average molecular weight is 771 g/mol. The van der Waals surface area contributed by atoms with Gasteiger partial charge in [-0.2, -0.15) is 0 Å². The highest BCUT2D eigenvalue weighted by Crippen LogP contribution is 2.16. The van der Waals surface area contributed by atoms with Crippen LogP contribution in [0.15, 0.2) is 0 Å². The predicted molar refractivity (Wildman–Crippen MR) is 188 cm³/mol. The summed E-state index contributed by atoms with van der Waals surface area (Å²) in [7, 11) is 0. The number of rotatable bonds is 32. The standard InChI is InChI=1S/C21H38O10S10/c22-10-32-3-5-34-12-27-19(24)7-37-16-36-2-1-30-31-15-41-18-39-9-21(26)29-14-40-17-38-8-20(25)28-13-35-6-4-33-11-23/h22-23H,1-18H2. The zero-order chi connectivity index (χ0) is 30.1. The van der Waals surface area contributed by atoms with Crippen molar-refractivity contribution in [3.05, 3.63) is 0 Å². The smallest absolute Gasteiger partial charge is 0.316 e. The van der Waals surface area contributed by atoms with E-state index in [1.165, 1.54) is 106 Å². The third kappa shape index (κ3) is 36.1. The SMILES string of the molecule is O=C(CSCSCCOOCSCSCC(=O)OCSCSCC(=O)OCSCCSCO)OCSCCSCO. The van der Waals surface area contributed by atoms with Gasteiger partial charge in [-0.25, -0.2) is 9.78 Å². The van der Waals surface area contributed by atoms with Crippen molar-refractivity contribution in [3.63, 3.8) is 0 Å². The first kappa shape index (κ1) is 42.8. The van der Waals surface area contributed by atoms with Crippen LogP contribution in [0.25, 0.3) is 0 Å². The number of hydrogen-bond acceptors (Lipinski definition) is 20. The number of aliphatic hydroxyl groups is 2. The molecule has 0 aromatic heterocycles. The van der Waals surface area contributed by atoms with Gasteiger partial charge in [-0.1, -0.05) is 0 Å². The fourth-order valence-corrected chi connectivity index (χ4v) is 9.35. The second-order valence-electron chi connectivity index (χ2n) is 6.57. The van der Waals surface area contributed by atoms with Crippen molar-refractivity contribution in [3.8, 4) is 0 Å². The molecule has 0 spiro atoms. The first-order valence-electron chi connectivity index (χ1n) is 11.8. The number of carbonyl (C=O) groups is 3. The van der Waals surface area contributed by atoms with Gasteiger partial charge in [0.25, 0.3) is 0 Å². The van der Waals surface area contributed by atoms with Crippen molar-refractivity contribution in [1.82, 2.24) is 0 Å². The molecule has 0 saturated heterocycles. The van der Waals surface area contributed by atoms with Gasteiger partial charge < -0.3 is 24.4 Å². The molecule has 0 amide bonds. The second-order valence-corrected chi connectivity index (χ2v) is 17.8. The first-order valence-corrected chi connectivity index (χ1v) is 23.3. The van der Waals surface area contributed by atoms with E-state index in [2.05, 4.69) is 0 Å². The van der Waals surface area contributed by atoms with E-state index in [-0.39, 0.29) is 47.2 Å². The Labute approximate surface area is 285 Å². The summed E-state index contributed by atoms with van der Waals surface area (Å²) in [5.74, 6) is 5.63. The molecule has 0 saturated carbocycles. The maximum absolute atomic E-state index is 11.7. The molecular weight excluding hydrogens is 733 g/mol. The normalized spacial score (nSPS) is 11.0. The fraction of sp³-hybridized carbons (Fsp3) is 0.857. The Morgan fingerprint density at radius 2 is 0.854 bits per heavy atom. The minimum absolute atomic E-state index is 0.105. The molecule has 0 bridgehead atoms. The van der Waals surface area contributed by atoms with Gasteiger partial charge in [0.05, 0.1) is 35.7 Å². The predicted octanol–water partition coefficient (Wildman–Crippen LogP) is 4.50. The molecule has 0 aliphatic carbocycles. The summed E-state index contributed by atoms with van der Waals surface area (Å²) in [6, 6.07) is 0. The fourth-order valence-electron chi connectivity index (χ4n) is 1.83. The van der Waals surface area contributed by atoms with Crippen LogP contribution in [0.2, 0.25) is 0 Å². The molecule has 0 aliphatic rings. The molecule has 0 atom stereocenters. The highest BCUT2D eigenvalue weighted by Gasteiger charge is 2.06. The molecule has 0 heterocycles. The van der Waals surface area contributed by atoms with E-state index in [4.69, 9.17) is 34.2 Å². The first-order chi connectivity index (χ1) is 20.1. The van der Waals surface area contributed by atoms with Crippen molar-refractivity contribution in [2.75, 3.05) is 104 Å². The molecule has 10 nitrogen and oxygen atoms in total. The summed E-state index contributed by atoms with van der Waals surface area (Å²) in [6.45, 7) is 0.444. The van der Waals surface area contributed by atoms with E-state index in [1.807, 2.05) is 0 Å². The molecule has 2 N–H and O–H groups in total. The summed E-state index contributed by atoms with van der Waals surface area (Å²) in [5, 5.41) is 19.4. The van der Waals surface area contributed by atoms with Crippen molar-refractivity contribution in [2.24, 2.45) is 0 Å². The van der Waals surface area contributed by atoms with Crippen molar-refractivity contribution in [1.29, 1.82) is 0 Å². The summed E-state index contributed by atoms with van der Waals surface area (Å²) >= 11 is 14.9. The van der Waals surface area contributed by atoms with Crippen LogP contribution in [-0.4, -0.2) is 132 Å². The van der Waals surface area contributed by atoms with Crippen LogP contribution in [0.5, 0.6) is 0 Å². The molecule has 0 rings (SSSR count). The summed E-state index contributed by atoms with van der Waals surface area (Å²) in [5.41, 5.74) is 0. The lowest BCUT2D eigenvalue weighted by molar-refractivity contribution is -0.274. The maximum atomic E-state index is 11.7. The Balaban J connectivity index is 3.28. The van der Waals surface area contributed by atoms with Crippen LogP contribution in [0.4, 0.5) is 0 Å². The van der Waals surface area contributed by atoms with Crippen molar-refractivity contribution < 1.29 is 48.6 Å². The topological polar surface area (TPSA) is 138 Å². The lowest BCUT2D eigenvalue weighted by Crippen LogP contribution is -2.08. The number of thioether (sulfide) groups is 10. The Morgan fingerprint density at radius 1 is 0.439 bits per heavy atom. The van der Waals surface area contributed by atoms with E-state index in [1.54, 1.807) is 11.8 Å². The largest absolute Gasteiger partial charge is 0.454 e. The van der Waals surface area contributed by atoms with Gasteiger partial charge in [-0.05, 0) is 0 Å². The van der Waals surface area contributed by atoms with Crippen LogP contribution in [0, 0.1) is 0 Å². The minimum atomic E-state index is -0.281. The number of hydrogen-bond donors (Lipinski definition) is 2. The quantitative estimate of drug-likeness (QED) is 0.0248. The van der Waals surface area contributed by atoms with Gasteiger partial charge in [0.15, 0.2) is 0 Å². The van der Waals surface area contributed by atoms with E-state index < -0.39 is 0 Å². The summed E-state index contributed by atoms with van der Waals surface area (Å²) in [4.78, 5) is 45.2. The number of esters is 3. The lowest BCUT2D eigenvalue weighted by Gasteiger charge is -2.06. The minimum Gasteiger partial charge on any atom is -0.454 e. The Bertz CT molecular complexity index is 628. The lowest BCUT2D eigenvalue weighted by atomic mass is 10.8. The van der Waals surface area contributed by atoms with Crippen LogP contribution in [0.3, 0.4) is 0 Å². The van der Waals surface area contributed by atoms with Crippen LogP contribution in [-0.2, 0) is 38.4 Å². The maximum Gasteiger partial charge on any atom is 0.316 e. The van der Waals surface area contributed by atoms with E-state index >= 15 is 0 Å². The molecule has 20 heteroatoms. The number of ether oxygens (including phenoxy) is 3. The zero-order valence-corrected chi connectivity index (χ0v) is 30.6. The summed E-state index contributed by atoms with van der Waals surface area (Å²) in [6.07, 6.45) is 0. The van der Waals surface area contributed by atoms with Crippen LogP contribution < -0.4 is 0 Å². The number of carbonyl (C=O) groups excluding carboxylic acids is 3. The summed E-state index contributed by atoms with van der Waals surface area (Å²) < 4.78 is 15.4. The van der Waals surface area contributed by atoms with Gasteiger partial charge in [-0.15, -0.1) is 118 Å². The van der Waals surface area contributed by atoms with Gasteiger partial charge >= 0.3 is 17.9 Å². The molecule has 0 radical (unpaired) electrons. The monoisotopic (exact) mass is 770 g/mol. The highest BCUT2D eigenvalue weighted by molar-refractivity contribution is 8.17. The molecule has 41 heavy (non-hydrogen) atoms. The van der Waals surface area contributed by atoms with Gasteiger partial charge in [0.1, 0.15) is 23.8 Å². The Morgan fingerprint density at radius 3 is 1.34 bits per heavy atom. The molecule has 0 aliphatic heterocycles. The molecular formula is C21H38O10S10. The highest BCUT2D eigenvalue weighted by atomic mass is 32.2. The van der Waals surface area contributed by atoms with Crippen LogP contribution in [0.1, 0.15) is 0 Å². The van der Waals surface area contributed by atoms with E-state index in [9.17, 15) is 14.4 Å². The van der Waals surface area contributed by atoms with Crippen LogP contribution >= 0.6 is 118 Å². The average Bonchev–Trinajstić information content (AvgIpc) is 2.96. The zero-order valence-electron chi connectivity index (χ0n) is 22.5. The van der Waals surface area contributed by atoms with Crippen molar-refractivity contribution in [2.45, 2.75) is 0 Å². The molecule has 0 aromatic rings. The Kier molecular flexibility index (Phi) is 37.8. The van der Waals surface area contributed by atoms with Crippen molar-refractivity contribution >= 4 is 136 Å². The second kappa shape index (κ2) is 36.2. The third-order valence-corrected chi connectivity index (χ3v) is 13.3. The third-order valence-electron chi connectivity index (χ3n) is 3.52. The molecule has 0 aromatic carbocycles. The van der Waals surface area contributed by atoms with Gasteiger partial charge in [0.2, 0.25) is 0 Å². The van der Waals surface area contributed by atoms with Gasteiger partial charge in [0, 0.05) is 44.0 Å². The molecule has 242 valence electrons. The van der Waals surface area contributed by atoms with Gasteiger partial charge in [-0.3, -0.25) is 14.4 Å². The van der Waals surface area contributed by atoms with E-state index in [0.29, 0.717) is 40.3 Å². The molecule has 0 fully saturated rings. The molecule has 0 unspecified atom stereocenters.